The number of hydrogen-bond acceptors (Lipinski definition) is 6. The summed E-state index contributed by atoms with van der Waals surface area (Å²) in [5.74, 6) is 0.543. The molecule has 3 aromatic rings. The van der Waals surface area contributed by atoms with Crippen molar-refractivity contribution in [1.29, 1.82) is 0 Å². The van der Waals surface area contributed by atoms with Crippen LogP contribution in [-0.2, 0) is 22.5 Å². The van der Waals surface area contributed by atoms with Gasteiger partial charge in [0.05, 0.1) is 19.7 Å². The summed E-state index contributed by atoms with van der Waals surface area (Å²) in [6.45, 7) is 2.11. The molecule has 0 bridgehead atoms. The van der Waals surface area contributed by atoms with E-state index in [-0.39, 0.29) is 12.5 Å². The summed E-state index contributed by atoms with van der Waals surface area (Å²) in [6.07, 6.45) is 0.775. The predicted octanol–water partition coefficient (Wildman–Crippen LogP) is 1.76. The van der Waals surface area contributed by atoms with Crippen molar-refractivity contribution >= 4 is 11.6 Å². The zero-order valence-electron chi connectivity index (χ0n) is 15.8. The summed E-state index contributed by atoms with van der Waals surface area (Å²) in [5.41, 5.74) is 2.85. The Morgan fingerprint density at radius 2 is 1.89 bits per heavy atom. The van der Waals surface area contributed by atoms with Gasteiger partial charge in [-0.25, -0.2) is 0 Å². The Bertz CT molecular complexity index is 864. The molecule has 1 amide bonds. The highest BCUT2D eigenvalue weighted by molar-refractivity contribution is 5.92. The molecule has 0 radical (unpaired) electrons. The van der Waals surface area contributed by atoms with E-state index in [1.165, 1.54) is 0 Å². The number of nitrogens with zero attached hydrogens (tertiary/aromatic N) is 4. The third-order valence-electron chi connectivity index (χ3n) is 4.09. The minimum atomic E-state index is -0.0795. The molecule has 8 nitrogen and oxygen atoms in total. The molecule has 0 aliphatic carbocycles. The molecule has 2 aromatic carbocycles. The van der Waals surface area contributed by atoms with Gasteiger partial charge in [-0.2, -0.15) is 4.80 Å². The molecule has 0 aliphatic rings. The van der Waals surface area contributed by atoms with Crippen LogP contribution >= 0.6 is 0 Å². The molecule has 146 valence electrons. The smallest absolute Gasteiger partial charge is 0.238 e. The summed E-state index contributed by atoms with van der Waals surface area (Å²) in [7, 11) is 1.63. The number of aryl methyl sites for hydroxylation is 2. The summed E-state index contributed by atoms with van der Waals surface area (Å²) >= 11 is 0. The fourth-order valence-electron chi connectivity index (χ4n) is 2.61. The molecule has 0 aliphatic heterocycles. The molecule has 8 heteroatoms. The second-order valence-electron chi connectivity index (χ2n) is 6.24. The van der Waals surface area contributed by atoms with Gasteiger partial charge in [-0.1, -0.05) is 42.5 Å². The molecule has 1 aromatic heterocycles. The third kappa shape index (κ3) is 5.97. The second kappa shape index (κ2) is 10.3. The Hall–Kier alpha value is -3.10. The predicted molar refractivity (Wildman–Crippen MR) is 107 cm³/mol. The van der Waals surface area contributed by atoms with E-state index in [1.54, 1.807) is 11.9 Å². The largest absolute Gasteiger partial charge is 0.383 e. The maximum atomic E-state index is 11.8. The van der Waals surface area contributed by atoms with Gasteiger partial charge >= 0.3 is 0 Å². The van der Waals surface area contributed by atoms with Gasteiger partial charge in [0.25, 0.3) is 0 Å². The first-order valence-corrected chi connectivity index (χ1v) is 9.16. The molecule has 3 rings (SSSR count). The van der Waals surface area contributed by atoms with Crippen molar-refractivity contribution in [2.24, 2.45) is 0 Å². The Kier molecular flexibility index (Phi) is 7.22. The van der Waals surface area contributed by atoms with Gasteiger partial charge in [-0.15, -0.1) is 10.2 Å². The van der Waals surface area contributed by atoms with E-state index in [1.807, 2.05) is 54.6 Å². The zero-order chi connectivity index (χ0) is 19.6. The van der Waals surface area contributed by atoms with Gasteiger partial charge in [0.2, 0.25) is 11.7 Å². The van der Waals surface area contributed by atoms with Crippen LogP contribution in [0.5, 0.6) is 0 Å². The van der Waals surface area contributed by atoms with Crippen LogP contribution in [0.3, 0.4) is 0 Å². The Morgan fingerprint density at radius 3 is 2.64 bits per heavy atom. The highest BCUT2D eigenvalue weighted by atomic mass is 16.5. The van der Waals surface area contributed by atoms with Crippen molar-refractivity contribution in [3.05, 3.63) is 60.2 Å². The quantitative estimate of drug-likeness (QED) is 0.521. The van der Waals surface area contributed by atoms with Crippen molar-refractivity contribution in [3.8, 4) is 11.4 Å². The molecular weight excluding hydrogens is 356 g/mol. The van der Waals surface area contributed by atoms with Crippen molar-refractivity contribution in [2.75, 3.05) is 32.1 Å². The Balaban J connectivity index is 1.46. The Labute approximate surface area is 163 Å². The number of nitrogens with one attached hydrogen (secondary N) is 2. The number of carbonyl (C=O) groups is 1. The van der Waals surface area contributed by atoms with Gasteiger partial charge in [0.1, 0.15) is 0 Å². The third-order valence-corrected chi connectivity index (χ3v) is 4.09. The minimum Gasteiger partial charge on any atom is -0.383 e. The fourth-order valence-corrected chi connectivity index (χ4v) is 2.61. The number of aromatic nitrogens is 4. The number of rotatable bonds is 10. The van der Waals surface area contributed by atoms with Gasteiger partial charge in [-0.05, 0) is 29.3 Å². The van der Waals surface area contributed by atoms with Crippen molar-refractivity contribution in [3.63, 3.8) is 0 Å². The van der Waals surface area contributed by atoms with Crippen LogP contribution < -0.4 is 10.6 Å². The average molecular weight is 380 g/mol. The van der Waals surface area contributed by atoms with Gasteiger partial charge in [0.15, 0.2) is 0 Å². The van der Waals surface area contributed by atoms with E-state index in [0.717, 1.165) is 23.2 Å². The molecule has 1 heterocycles. The van der Waals surface area contributed by atoms with Crippen LogP contribution in [-0.4, -0.2) is 52.9 Å². The van der Waals surface area contributed by atoms with Crippen LogP contribution in [0.25, 0.3) is 11.4 Å². The Morgan fingerprint density at radius 1 is 1.11 bits per heavy atom. The van der Waals surface area contributed by atoms with Crippen molar-refractivity contribution in [1.82, 2.24) is 25.5 Å². The van der Waals surface area contributed by atoms with Gasteiger partial charge in [0, 0.05) is 24.9 Å². The molecule has 2 N–H and O–H groups in total. The molecular formula is C20H24N6O2. The SMILES string of the molecule is COCCNCC(=O)Nc1ccc(CCn2nnc(-c3ccccc3)n2)cc1. The topological polar surface area (TPSA) is 94.0 Å². The van der Waals surface area contributed by atoms with E-state index in [2.05, 4.69) is 26.0 Å². The molecule has 0 spiro atoms. The molecule has 0 atom stereocenters. The normalized spacial score (nSPS) is 10.8. The van der Waals surface area contributed by atoms with E-state index >= 15 is 0 Å². The van der Waals surface area contributed by atoms with Crippen molar-refractivity contribution < 1.29 is 9.53 Å². The lowest BCUT2D eigenvalue weighted by atomic mass is 10.1. The summed E-state index contributed by atoms with van der Waals surface area (Å²) in [4.78, 5) is 13.5. The minimum absolute atomic E-state index is 0.0795. The number of benzene rings is 2. The van der Waals surface area contributed by atoms with E-state index in [0.29, 0.717) is 25.5 Å². The standard InChI is InChI=1S/C20H24N6O2/c1-28-14-12-21-15-19(27)22-18-9-7-16(8-10-18)11-13-26-24-20(23-25-26)17-5-3-2-4-6-17/h2-10,21H,11-15H2,1H3,(H,22,27). The second-order valence-corrected chi connectivity index (χ2v) is 6.24. The first-order valence-electron chi connectivity index (χ1n) is 9.16. The lowest BCUT2D eigenvalue weighted by Crippen LogP contribution is -2.30. The highest BCUT2D eigenvalue weighted by Gasteiger charge is 2.06. The molecule has 0 fully saturated rings. The van der Waals surface area contributed by atoms with Crippen LogP contribution in [0.15, 0.2) is 54.6 Å². The molecule has 28 heavy (non-hydrogen) atoms. The maximum Gasteiger partial charge on any atom is 0.238 e. The number of carbonyl (C=O) groups excluding carboxylic acids is 1. The summed E-state index contributed by atoms with van der Waals surface area (Å²) < 4.78 is 4.93. The van der Waals surface area contributed by atoms with Crippen LogP contribution in [0.2, 0.25) is 0 Å². The highest BCUT2D eigenvalue weighted by Crippen LogP contribution is 2.13. The number of ether oxygens (including phenoxy) is 1. The molecule has 0 saturated heterocycles. The van der Waals surface area contributed by atoms with Crippen LogP contribution in [0.1, 0.15) is 5.56 Å². The monoisotopic (exact) mass is 380 g/mol. The van der Waals surface area contributed by atoms with Gasteiger partial charge in [-0.3, -0.25) is 4.79 Å². The number of anilines is 1. The lowest BCUT2D eigenvalue weighted by molar-refractivity contribution is -0.115. The summed E-state index contributed by atoms with van der Waals surface area (Å²) in [6, 6.07) is 17.5. The number of tetrazole rings is 1. The van der Waals surface area contributed by atoms with Crippen LogP contribution in [0, 0.1) is 0 Å². The van der Waals surface area contributed by atoms with Crippen LogP contribution in [0.4, 0.5) is 5.69 Å². The van der Waals surface area contributed by atoms with Gasteiger partial charge < -0.3 is 15.4 Å². The number of methoxy groups -OCH3 is 1. The van der Waals surface area contributed by atoms with E-state index in [9.17, 15) is 4.79 Å². The fraction of sp³-hybridized carbons (Fsp3) is 0.300. The number of amides is 1. The zero-order valence-corrected chi connectivity index (χ0v) is 15.8. The first kappa shape index (κ1) is 19.7. The van der Waals surface area contributed by atoms with Crippen molar-refractivity contribution in [2.45, 2.75) is 13.0 Å². The lowest BCUT2D eigenvalue weighted by Gasteiger charge is -2.07. The van der Waals surface area contributed by atoms with E-state index < -0.39 is 0 Å². The average Bonchev–Trinajstić information content (AvgIpc) is 3.20. The molecule has 0 saturated carbocycles. The number of hydrogen-bond donors (Lipinski definition) is 2. The first-order chi connectivity index (χ1) is 13.7. The molecule has 0 unspecified atom stereocenters. The maximum absolute atomic E-state index is 11.8. The summed E-state index contributed by atoms with van der Waals surface area (Å²) in [5, 5.41) is 18.5. The van der Waals surface area contributed by atoms with E-state index in [4.69, 9.17) is 4.74 Å².